The van der Waals surface area contributed by atoms with E-state index in [-0.39, 0.29) is 10.9 Å². The van der Waals surface area contributed by atoms with Crippen LogP contribution in [0.3, 0.4) is 0 Å². The molecule has 5 nitrogen and oxygen atoms in total. The third kappa shape index (κ3) is 5.49. The zero-order valence-corrected chi connectivity index (χ0v) is 16.2. The number of rotatable bonds is 5. The molecule has 0 saturated carbocycles. The number of pyridine rings is 1. The topological polar surface area (TPSA) is 71.1 Å². The lowest BCUT2D eigenvalue weighted by atomic mass is 10.1. The number of carbonyl (C=O) groups excluding carboxylic acids is 2. The number of aryl methyl sites for hydroxylation is 1. The van der Waals surface area contributed by atoms with E-state index in [1.165, 1.54) is 24.3 Å². The van der Waals surface area contributed by atoms with Crippen molar-refractivity contribution in [2.75, 3.05) is 10.6 Å². The number of hydrogen-bond donors (Lipinski definition) is 2. The molecule has 0 atom stereocenters. The Morgan fingerprint density at radius 3 is 2.66 bits per heavy atom. The summed E-state index contributed by atoms with van der Waals surface area (Å²) >= 11 is 5.74. The van der Waals surface area contributed by atoms with E-state index in [2.05, 4.69) is 15.6 Å². The lowest BCUT2D eigenvalue weighted by molar-refractivity contribution is -0.111. The Hall–Kier alpha value is -3.51. The number of anilines is 2. The van der Waals surface area contributed by atoms with Crippen LogP contribution in [0, 0.1) is 12.7 Å². The molecule has 3 aromatic rings. The molecule has 146 valence electrons. The van der Waals surface area contributed by atoms with Crippen LogP contribution in [-0.2, 0) is 4.79 Å². The van der Waals surface area contributed by atoms with E-state index >= 15 is 0 Å². The van der Waals surface area contributed by atoms with Gasteiger partial charge < -0.3 is 10.6 Å². The molecule has 1 heterocycles. The van der Waals surface area contributed by atoms with Gasteiger partial charge in [0.15, 0.2) is 0 Å². The van der Waals surface area contributed by atoms with Crippen molar-refractivity contribution >= 4 is 40.9 Å². The molecular formula is C22H17ClFN3O2. The summed E-state index contributed by atoms with van der Waals surface area (Å²) in [6.07, 6.45) is 6.33. The first kappa shape index (κ1) is 20.2. The van der Waals surface area contributed by atoms with Gasteiger partial charge in [-0.1, -0.05) is 23.7 Å². The highest BCUT2D eigenvalue weighted by atomic mass is 35.5. The van der Waals surface area contributed by atoms with E-state index < -0.39 is 11.7 Å². The highest BCUT2D eigenvalue weighted by molar-refractivity contribution is 6.31. The minimum absolute atomic E-state index is 0.0833. The number of benzene rings is 2. The second-order valence-corrected chi connectivity index (χ2v) is 6.63. The summed E-state index contributed by atoms with van der Waals surface area (Å²) in [4.78, 5) is 28.7. The van der Waals surface area contributed by atoms with Gasteiger partial charge in [0.05, 0.1) is 5.02 Å². The lowest BCUT2D eigenvalue weighted by Gasteiger charge is -2.10. The largest absolute Gasteiger partial charge is 0.322 e. The number of hydrogen-bond acceptors (Lipinski definition) is 3. The van der Waals surface area contributed by atoms with Gasteiger partial charge in [-0.25, -0.2) is 4.39 Å². The van der Waals surface area contributed by atoms with Crippen LogP contribution in [0.25, 0.3) is 6.08 Å². The molecule has 2 aromatic carbocycles. The summed E-state index contributed by atoms with van der Waals surface area (Å²) < 4.78 is 13.3. The third-order valence-electron chi connectivity index (χ3n) is 4.05. The van der Waals surface area contributed by atoms with Crippen LogP contribution in [0.2, 0.25) is 5.02 Å². The van der Waals surface area contributed by atoms with Crippen molar-refractivity contribution in [3.63, 3.8) is 0 Å². The monoisotopic (exact) mass is 409 g/mol. The van der Waals surface area contributed by atoms with E-state index in [1.54, 1.807) is 42.7 Å². The van der Waals surface area contributed by atoms with Crippen LogP contribution in [0.1, 0.15) is 21.5 Å². The summed E-state index contributed by atoms with van der Waals surface area (Å²) in [5.74, 6) is -1.31. The molecule has 0 unspecified atom stereocenters. The second kappa shape index (κ2) is 9.12. The van der Waals surface area contributed by atoms with Crippen molar-refractivity contribution in [1.82, 2.24) is 4.98 Å². The van der Waals surface area contributed by atoms with Gasteiger partial charge in [0.2, 0.25) is 5.91 Å². The Balaban J connectivity index is 1.71. The van der Waals surface area contributed by atoms with Crippen LogP contribution in [-0.4, -0.2) is 16.8 Å². The smallest absolute Gasteiger partial charge is 0.255 e. The summed E-state index contributed by atoms with van der Waals surface area (Å²) in [5.41, 5.74) is 2.81. The van der Waals surface area contributed by atoms with Crippen LogP contribution >= 0.6 is 11.6 Å². The molecule has 7 heteroatoms. The Labute approximate surface area is 172 Å². The molecule has 0 aliphatic rings. The molecule has 0 radical (unpaired) electrons. The SMILES string of the molecule is Cc1ccc(C(=O)Nc2ccc(F)c(Cl)c2)cc1NC(=O)/C=C/c1cccnc1. The molecule has 29 heavy (non-hydrogen) atoms. The van der Waals surface area contributed by atoms with Gasteiger partial charge in [-0.05, 0) is 60.5 Å². The Bertz CT molecular complexity index is 1080. The van der Waals surface area contributed by atoms with E-state index in [0.29, 0.717) is 16.9 Å². The highest BCUT2D eigenvalue weighted by Gasteiger charge is 2.11. The number of amides is 2. The fraction of sp³-hybridized carbons (Fsp3) is 0.0455. The van der Waals surface area contributed by atoms with E-state index in [4.69, 9.17) is 11.6 Å². The molecule has 0 aliphatic heterocycles. The van der Waals surface area contributed by atoms with Crippen molar-refractivity contribution in [1.29, 1.82) is 0 Å². The minimum Gasteiger partial charge on any atom is -0.322 e. The Kier molecular flexibility index (Phi) is 6.36. The zero-order chi connectivity index (χ0) is 20.8. The van der Waals surface area contributed by atoms with Gasteiger partial charge in [0.1, 0.15) is 5.82 Å². The zero-order valence-electron chi connectivity index (χ0n) is 15.4. The van der Waals surface area contributed by atoms with Crippen molar-refractivity contribution in [3.05, 3.63) is 94.5 Å². The minimum atomic E-state index is -0.565. The standard InChI is InChI=1S/C22H17ClFN3O2/c1-14-4-6-16(22(29)26-17-7-8-19(24)18(23)12-17)11-20(14)27-21(28)9-5-15-3-2-10-25-13-15/h2-13H,1H3,(H,26,29)(H,27,28)/b9-5+. The third-order valence-corrected chi connectivity index (χ3v) is 4.34. The molecule has 0 aliphatic carbocycles. The molecule has 0 fully saturated rings. The molecule has 3 rings (SSSR count). The summed E-state index contributed by atoms with van der Waals surface area (Å²) in [7, 11) is 0. The van der Waals surface area contributed by atoms with E-state index in [0.717, 1.165) is 11.1 Å². The molecule has 2 N–H and O–H groups in total. The van der Waals surface area contributed by atoms with Crippen molar-refractivity contribution in [2.45, 2.75) is 6.92 Å². The first-order valence-corrected chi connectivity index (χ1v) is 9.06. The predicted molar refractivity (Wildman–Crippen MR) is 112 cm³/mol. The first-order valence-electron chi connectivity index (χ1n) is 8.68. The van der Waals surface area contributed by atoms with E-state index in [1.807, 2.05) is 13.0 Å². The summed E-state index contributed by atoms with van der Waals surface area (Å²) in [6.45, 7) is 1.82. The van der Waals surface area contributed by atoms with Crippen molar-refractivity contribution in [2.24, 2.45) is 0 Å². The maximum absolute atomic E-state index is 13.3. The van der Waals surface area contributed by atoms with Crippen molar-refractivity contribution in [3.8, 4) is 0 Å². The molecule has 0 spiro atoms. The predicted octanol–water partition coefficient (Wildman–Crippen LogP) is 5.09. The van der Waals surface area contributed by atoms with E-state index in [9.17, 15) is 14.0 Å². The van der Waals surface area contributed by atoms with Gasteiger partial charge in [0, 0.05) is 35.4 Å². The van der Waals surface area contributed by atoms with Gasteiger partial charge in [-0.3, -0.25) is 14.6 Å². The van der Waals surface area contributed by atoms with Gasteiger partial charge in [-0.15, -0.1) is 0 Å². The number of nitrogens with zero attached hydrogens (tertiary/aromatic N) is 1. The number of aromatic nitrogens is 1. The number of carbonyl (C=O) groups is 2. The first-order chi connectivity index (χ1) is 13.9. The average Bonchev–Trinajstić information content (AvgIpc) is 2.71. The highest BCUT2D eigenvalue weighted by Crippen LogP contribution is 2.21. The maximum atomic E-state index is 13.3. The second-order valence-electron chi connectivity index (χ2n) is 6.22. The Morgan fingerprint density at radius 1 is 1.10 bits per heavy atom. The van der Waals surface area contributed by atoms with Gasteiger partial charge in [0.25, 0.3) is 5.91 Å². The van der Waals surface area contributed by atoms with Crippen LogP contribution < -0.4 is 10.6 Å². The summed E-state index contributed by atoms with van der Waals surface area (Å²) in [5, 5.41) is 5.33. The molecule has 2 amide bonds. The fourth-order valence-electron chi connectivity index (χ4n) is 2.50. The summed E-state index contributed by atoms with van der Waals surface area (Å²) in [6, 6.07) is 12.5. The van der Waals surface area contributed by atoms with Crippen LogP contribution in [0.5, 0.6) is 0 Å². The fourth-order valence-corrected chi connectivity index (χ4v) is 2.68. The van der Waals surface area contributed by atoms with Crippen molar-refractivity contribution < 1.29 is 14.0 Å². The maximum Gasteiger partial charge on any atom is 0.255 e. The molecule has 1 aromatic heterocycles. The number of halogens is 2. The molecule has 0 bridgehead atoms. The quantitative estimate of drug-likeness (QED) is 0.577. The Morgan fingerprint density at radius 2 is 1.93 bits per heavy atom. The average molecular weight is 410 g/mol. The van der Waals surface area contributed by atoms with Gasteiger partial charge in [-0.2, -0.15) is 0 Å². The molecule has 0 saturated heterocycles. The lowest BCUT2D eigenvalue weighted by Crippen LogP contribution is -2.14. The van der Waals surface area contributed by atoms with Crippen LogP contribution in [0.15, 0.2) is 67.0 Å². The number of nitrogens with one attached hydrogen (secondary N) is 2. The normalized spacial score (nSPS) is 10.7. The molecular weight excluding hydrogens is 393 g/mol. The van der Waals surface area contributed by atoms with Crippen LogP contribution in [0.4, 0.5) is 15.8 Å². The van der Waals surface area contributed by atoms with Gasteiger partial charge >= 0.3 is 0 Å².